The van der Waals surface area contributed by atoms with Gasteiger partial charge in [-0.3, -0.25) is 0 Å². The first-order chi connectivity index (χ1) is 13.6. The van der Waals surface area contributed by atoms with E-state index in [-0.39, 0.29) is 23.2 Å². The van der Waals surface area contributed by atoms with Crippen LogP contribution in [0.3, 0.4) is 0 Å². The van der Waals surface area contributed by atoms with E-state index in [1.807, 2.05) is 0 Å². The van der Waals surface area contributed by atoms with Gasteiger partial charge in [0.1, 0.15) is 0 Å². The maximum Gasteiger partial charge on any atom is 0.418 e. The van der Waals surface area contributed by atoms with E-state index in [9.17, 15) is 18.3 Å². The van der Waals surface area contributed by atoms with Crippen molar-refractivity contribution in [3.63, 3.8) is 0 Å². The lowest BCUT2D eigenvalue weighted by Gasteiger charge is -2.31. The molecule has 0 spiro atoms. The first-order valence-electron chi connectivity index (χ1n) is 10.6. The molecule has 29 heavy (non-hydrogen) atoms. The Morgan fingerprint density at radius 2 is 1.79 bits per heavy atom. The average molecular weight is 434 g/mol. The summed E-state index contributed by atoms with van der Waals surface area (Å²) < 4.78 is 40.7. The van der Waals surface area contributed by atoms with E-state index in [0.717, 1.165) is 38.5 Å². The molecule has 0 aliphatic heterocycles. The highest BCUT2D eigenvalue weighted by Gasteiger charge is 2.36. The molecule has 2 nitrogen and oxygen atoms in total. The molecule has 166 valence electrons. The third-order valence-electron chi connectivity index (χ3n) is 5.56. The van der Waals surface area contributed by atoms with Crippen molar-refractivity contribution in [2.45, 2.75) is 85.4 Å². The Balaban J connectivity index is 3.43. The van der Waals surface area contributed by atoms with E-state index in [1.54, 1.807) is 13.0 Å². The Bertz CT molecular complexity index is 685. The Kier molecular flexibility index (Phi) is 10.6. The van der Waals surface area contributed by atoms with Crippen LogP contribution in [0.25, 0.3) is 5.70 Å². The zero-order valence-electron chi connectivity index (χ0n) is 18.2. The summed E-state index contributed by atoms with van der Waals surface area (Å²) in [7, 11) is 0. The zero-order chi connectivity index (χ0) is 22.2. The predicted molar refractivity (Wildman–Crippen MR) is 116 cm³/mol. The molecule has 0 fully saturated rings. The fourth-order valence-electron chi connectivity index (χ4n) is 3.93. The van der Waals surface area contributed by atoms with Gasteiger partial charge in [-0.05, 0) is 56.2 Å². The van der Waals surface area contributed by atoms with Crippen LogP contribution in [-0.2, 0) is 6.18 Å². The summed E-state index contributed by atoms with van der Waals surface area (Å²) in [6.07, 6.45) is 1.75. The third kappa shape index (κ3) is 6.92. The lowest BCUT2D eigenvalue weighted by molar-refractivity contribution is -0.137. The molecule has 0 aliphatic rings. The minimum absolute atomic E-state index is 0.0794. The SMILES string of the molecule is CCCCC(CCC)C(CC)N/C(=C(\C)CO)c1ccc(Cl)c(C(F)(F)F)c1C. The first kappa shape index (κ1) is 25.8. The topological polar surface area (TPSA) is 32.3 Å². The number of hydrogen-bond donors (Lipinski definition) is 2. The zero-order valence-corrected chi connectivity index (χ0v) is 19.0. The Labute approximate surface area is 178 Å². The fraction of sp³-hybridized carbons (Fsp3) is 0.652. The van der Waals surface area contributed by atoms with Crippen molar-refractivity contribution in [2.75, 3.05) is 6.61 Å². The van der Waals surface area contributed by atoms with Crippen LogP contribution < -0.4 is 5.32 Å². The minimum Gasteiger partial charge on any atom is -0.392 e. The monoisotopic (exact) mass is 433 g/mol. The van der Waals surface area contributed by atoms with Gasteiger partial charge in [-0.2, -0.15) is 13.2 Å². The second-order valence-electron chi connectivity index (χ2n) is 7.76. The van der Waals surface area contributed by atoms with Gasteiger partial charge in [-0.1, -0.05) is 57.7 Å². The second-order valence-corrected chi connectivity index (χ2v) is 8.16. The molecule has 2 atom stereocenters. The van der Waals surface area contributed by atoms with E-state index in [0.29, 0.717) is 22.8 Å². The first-order valence-corrected chi connectivity index (χ1v) is 10.9. The maximum atomic E-state index is 13.6. The summed E-state index contributed by atoms with van der Waals surface area (Å²) in [6, 6.07) is 3.03. The summed E-state index contributed by atoms with van der Waals surface area (Å²) in [6.45, 7) is 9.37. The van der Waals surface area contributed by atoms with Crippen LogP contribution in [0.5, 0.6) is 0 Å². The average Bonchev–Trinajstić information content (AvgIpc) is 2.65. The molecule has 0 saturated heterocycles. The number of unbranched alkanes of at least 4 members (excludes halogenated alkanes) is 1. The molecule has 1 rings (SSSR count). The molecule has 2 unspecified atom stereocenters. The molecule has 1 aromatic rings. The smallest absolute Gasteiger partial charge is 0.392 e. The number of aliphatic hydroxyl groups is 1. The third-order valence-corrected chi connectivity index (χ3v) is 5.87. The van der Waals surface area contributed by atoms with Crippen LogP contribution in [0.2, 0.25) is 5.02 Å². The normalized spacial score (nSPS) is 15.1. The molecule has 1 aromatic carbocycles. The molecule has 0 heterocycles. The molecule has 2 N–H and O–H groups in total. The van der Waals surface area contributed by atoms with Crippen molar-refractivity contribution >= 4 is 17.3 Å². The molecule has 0 saturated carbocycles. The number of nitrogens with one attached hydrogen (secondary N) is 1. The van der Waals surface area contributed by atoms with Crippen molar-refractivity contribution in [3.05, 3.63) is 39.4 Å². The summed E-state index contributed by atoms with van der Waals surface area (Å²) >= 11 is 5.88. The van der Waals surface area contributed by atoms with Crippen LogP contribution in [0, 0.1) is 12.8 Å². The summed E-state index contributed by atoms with van der Waals surface area (Å²) in [4.78, 5) is 0. The van der Waals surface area contributed by atoms with Crippen molar-refractivity contribution in [1.29, 1.82) is 0 Å². The molecule has 6 heteroatoms. The van der Waals surface area contributed by atoms with Gasteiger partial charge in [0.05, 0.1) is 17.2 Å². The number of halogens is 4. The highest BCUT2D eigenvalue weighted by Crippen LogP contribution is 2.40. The van der Waals surface area contributed by atoms with Gasteiger partial charge < -0.3 is 10.4 Å². The van der Waals surface area contributed by atoms with Crippen LogP contribution in [-0.4, -0.2) is 17.8 Å². The second kappa shape index (κ2) is 11.8. The van der Waals surface area contributed by atoms with E-state index in [2.05, 4.69) is 26.1 Å². The van der Waals surface area contributed by atoms with Crippen LogP contribution in [0.15, 0.2) is 17.7 Å². The van der Waals surface area contributed by atoms with Gasteiger partial charge in [0.15, 0.2) is 0 Å². The van der Waals surface area contributed by atoms with E-state index in [4.69, 9.17) is 11.6 Å². The Morgan fingerprint density at radius 1 is 1.14 bits per heavy atom. The van der Waals surface area contributed by atoms with Crippen LogP contribution in [0.1, 0.15) is 82.9 Å². The van der Waals surface area contributed by atoms with Gasteiger partial charge in [-0.25, -0.2) is 0 Å². The van der Waals surface area contributed by atoms with Crippen molar-refractivity contribution in [1.82, 2.24) is 5.32 Å². The number of hydrogen-bond acceptors (Lipinski definition) is 2. The van der Waals surface area contributed by atoms with Gasteiger partial charge >= 0.3 is 6.18 Å². The van der Waals surface area contributed by atoms with Gasteiger partial charge in [-0.15, -0.1) is 0 Å². The van der Waals surface area contributed by atoms with Crippen molar-refractivity contribution in [3.8, 4) is 0 Å². The van der Waals surface area contributed by atoms with E-state index in [1.165, 1.54) is 13.0 Å². The molecular formula is C23H35ClF3NO. The van der Waals surface area contributed by atoms with Crippen molar-refractivity contribution < 1.29 is 18.3 Å². The molecule has 0 bridgehead atoms. The van der Waals surface area contributed by atoms with Gasteiger partial charge in [0, 0.05) is 17.3 Å². The number of alkyl halides is 3. The van der Waals surface area contributed by atoms with Gasteiger partial charge in [0.2, 0.25) is 0 Å². The molecular weight excluding hydrogens is 399 g/mol. The standard InChI is InChI=1S/C23H35ClF3NO/c1-6-9-11-17(10-7-2)20(8-3)28-22(15(4)14-29)18-12-13-19(24)21(16(18)5)23(25,26)27/h12-13,17,20,28-29H,6-11,14H2,1-5H3/b22-15+. The maximum absolute atomic E-state index is 13.6. The predicted octanol–water partition coefficient (Wildman–Crippen LogP) is 7.37. The largest absolute Gasteiger partial charge is 0.418 e. The summed E-state index contributed by atoms with van der Waals surface area (Å²) in [5, 5.41) is 13.0. The molecule has 0 radical (unpaired) electrons. The minimum atomic E-state index is -4.54. The fourth-order valence-corrected chi connectivity index (χ4v) is 4.24. The number of rotatable bonds is 11. The summed E-state index contributed by atoms with van der Waals surface area (Å²) in [5.41, 5.74) is 0.906. The number of aliphatic hydroxyl groups excluding tert-OH is 1. The van der Waals surface area contributed by atoms with Crippen molar-refractivity contribution in [2.24, 2.45) is 5.92 Å². The highest BCUT2D eigenvalue weighted by atomic mass is 35.5. The van der Waals surface area contributed by atoms with Crippen LogP contribution in [0.4, 0.5) is 13.2 Å². The molecule has 0 aliphatic carbocycles. The Morgan fingerprint density at radius 3 is 2.28 bits per heavy atom. The van der Waals surface area contributed by atoms with Gasteiger partial charge in [0.25, 0.3) is 0 Å². The van der Waals surface area contributed by atoms with E-state index < -0.39 is 11.7 Å². The van der Waals surface area contributed by atoms with E-state index >= 15 is 0 Å². The number of benzene rings is 1. The lowest BCUT2D eigenvalue weighted by atomic mass is 9.87. The molecule has 0 amide bonds. The quantitative estimate of drug-likeness (QED) is 0.382. The lowest BCUT2D eigenvalue weighted by Crippen LogP contribution is -2.35. The van der Waals surface area contributed by atoms with Crippen LogP contribution >= 0.6 is 11.6 Å². The molecule has 0 aromatic heterocycles. The summed E-state index contributed by atoms with van der Waals surface area (Å²) in [5.74, 6) is 0.432. The Hall–Kier alpha value is -1.20. The highest BCUT2D eigenvalue weighted by molar-refractivity contribution is 6.31.